The molecule has 0 saturated carbocycles. The molecular formula is C12H15BS2. The Morgan fingerprint density at radius 2 is 2.13 bits per heavy atom. The summed E-state index contributed by atoms with van der Waals surface area (Å²) in [4.78, 5) is 1.78. The van der Waals surface area contributed by atoms with E-state index in [0.29, 0.717) is 5.92 Å². The third-order valence-electron chi connectivity index (χ3n) is 2.61. The normalized spacial score (nSPS) is 12.5. The molecule has 2 radical (unpaired) electrons. The van der Waals surface area contributed by atoms with Crippen molar-refractivity contribution < 1.29 is 0 Å². The van der Waals surface area contributed by atoms with Crippen molar-refractivity contribution in [2.24, 2.45) is 5.92 Å². The van der Waals surface area contributed by atoms with Crippen LogP contribution >= 0.6 is 25.3 Å². The number of benzene rings is 1. The molecule has 0 aliphatic rings. The molecule has 0 N–H and O–H groups in total. The molecule has 1 atom stereocenters. The summed E-state index contributed by atoms with van der Waals surface area (Å²) >= 11 is 8.70. The number of thiol groups is 2. The van der Waals surface area contributed by atoms with Gasteiger partial charge in [-0.05, 0) is 29.7 Å². The second-order valence-corrected chi connectivity index (χ2v) is 4.92. The Labute approximate surface area is 104 Å². The maximum atomic E-state index is 5.92. The first kappa shape index (κ1) is 12.8. The molecule has 3 heteroatoms. The van der Waals surface area contributed by atoms with E-state index in [1.54, 1.807) is 0 Å². The predicted octanol–water partition coefficient (Wildman–Crippen LogP) is 2.70. The Kier molecular flexibility index (Phi) is 4.41. The van der Waals surface area contributed by atoms with Crippen LogP contribution in [0.1, 0.15) is 18.1 Å². The fourth-order valence-corrected chi connectivity index (χ4v) is 1.80. The summed E-state index contributed by atoms with van der Waals surface area (Å²) in [5.41, 5.74) is 3.00. The Morgan fingerprint density at radius 3 is 2.67 bits per heavy atom. The third-order valence-corrected chi connectivity index (χ3v) is 3.58. The minimum Gasteiger partial charge on any atom is -0.148 e. The molecule has 15 heavy (non-hydrogen) atoms. The van der Waals surface area contributed by atoms with Crippen LogP contribution in [0.25, 0.3) is 0 Å². The van der Waals surface area contributed by atoms with E-state index in [2.05, 4.69) is 44.8 Å². The second-order valence-electron chi connectivity index (χ2n) is 3.90. The Hall–Kier alpha value is -0.275. The maximum absolute atomic E-state index is 5.92. The minimum absolute atomic E-state index is 0.335. The third kappa shape index (κ3) is 3.09. The van der Waals surface area contributed by atoms with Crippen molar-refractivity contribution in [1.29, 1.82) is 0 Å². The lowest BCUT2D eigenvalue weighted by molar-refractivity contribution is 0.707. The Bertz CT molecular complexity index is 385. The fraction of sp³-hybridized carbons (Fsp3) is 0.333. The first-order valence-corrected chi connectivity index (χ1v) is 5.77. The topological polar surface area (TPSA) is 0 Å². The van der Waals surface area contributed by atoms with E-state index in [4.69, 9.17) is 7.85 Å². The fourth-order valence-electron chi connectivity index (χ4n) is 1.37. The summed E-state index contributed by atoms with van der Waals surface area (Å²) in [6.45, 7) is 7.91. The van der Waals surface area contributed by atoms with E-state index in [1.807, 2.05) is 13.0 Å². The van der Waals surface area contributed by atoms with Gasteiger partial charge in [0, 0.05) is 4.90 Å². The van der Waals surface area contributed by atoms with Crippen LogP contribution in [-0.2, 0) is 6.42 Å². The summed E-state index contributed by atoms with van der Waals surface area (Å²) in [7, 11) is 5.92. The highest BCUT2D eigenvalue weighted by atomic mass is 32.1. The highest BCUT2D eigenvalue weighted by molar-refractivity contribution is 7.84. The van der Waals surface area contributed by atoms with E-state index >= 15 is 0 Å². The van der Waals surface area contributed by atoms with Gasteiger partial charge >= 0.3 is 0 Å². The molecule has 0 aliphatic carbocycles. The second kappa shape index (κ2) is 5.17. The van der Waals surface area contributed by atoms with Gasteiger partial charge in [-0.1, -0.05) is 36.7 Å². The monoisotopic (exact) mass is 234 g/mol. The first-order valence-electron chi connectivity index (χ1n) is 4.88. The first-order chi connectivity index (χ1) is 6.93. The molecule has 1 rings (SSSR count). The van der Waals surface area contributed by atoms with Crippen LogP contribution in [0.4, 0.5) is 0 Å². The van der Waals surface area contributed by atoms with Crippen LogP contribution < -0.4 is 5.46 Å². The van der Waals surface area contributed by atoms with Gasteiger partial charge in [0.05, 0.1) is 0 Å². The summed E-state index contributed by atoms with van der Waals surface area (Å²) in [6.07, 6.45) is 0.881. The SMILES string of the molecule is [B]c1c(C)ccc(CC(C)C(=C)S)c1S. The number of hydrogen-bond acceptors (Lipinski definition) is 2. The van der Waals surface area contributed by atoms with Crippen LogP contribution in [-0.4, -0.2) is 7.85 Å². The molecule has 0 aliphatic heterocycles. The van der Waals surface area contributed by atoms with Crippen molar-refractivity contribution in [2.45, 2.75) is 25.2 Å². The molecule has 0 spiro atoms. The molecule has 0 saturated heterocycles. The highest BCUT2D eigenvalue weighted by Crippen LogP contribution is 2.21. The molecule has 1 unspecified atom stereocenters. The standard InChI is InChI=1S/C12H15BS2/c1-7-4-5-10(12(15)11(7)13)6-8(2)9(3)14/h4-5,8,14-15H,3,6H2,1-2H3. The van der Waals surface area contributed by atoms with Crippen molar-refractivity contribution in [3.05, 3.63) is 34.7 Å². The van der Waals surface area contributed by atoms with Crippen molar-refractivity contribution >= 4 is 38.6 Å². The van der Waals surface area contributed by atoms with Gasteiger partial charge in [-0.2, -0.15) is 0 Å². The summed E-state index contributed by atoms with van der Waals surface area (Å²) in [5, 5.41) is 0. The molecule has 0 amide bonds. The van der Waals surface area contributed by atoms with Crippen LogP contribution in [0.3, 0.4) is 0 Å². The van der Waals surface area contributed by atoms with Gasteiger partial charge in [0.25, 0.3) is 0 Å². The smallest absolute Gasteiger partial charge is 0.115 e. The molecular weight excluding hydrogens is 219 g/mol. The molecule has 0 fully saturated rings. The minimum atomic E-state index is 0.335. The number of allylic oxidation sites excluding steroid dienone is 1. The summed E-state index contributed by atoms with van der Waals surface area (Å²) < 4.78 is 0. The predicted molar refractivity (Wildman–Crippen MR) is 74.8 cm³/mol. The number of rotatable bonds is 3. The lowest BCUT2D eigenvalue weighted by atomic mass is 9.87. The van der Waals surface area contributed by atoms with Crippen molar-refractivity contribution in [1.82, 2.24) is 0 Å². The largest absolute Gasteiger partial charge is 0.148 e. The molecule has 78 valence electrons. The van der Waals surface area contributed by atoms with Gasteiger partial charge < -0.3 is 0 Å². The average Bonchev–Trinajstić information content (AvgIpc) is 2.18. The zero-order valence-electron chi connectivity index (χ0n) is 9.12. The van der Waals surface area contributed by atoms with Crippen LogP contribution in [0, 0.1) is 12.8 Å². The van der Waals surface area contributed by atoms with E-state index in [9.17, 15) is 0 Å². The van der Waals surface area contributed by atoms with Crippen molar-refractivity contribution in [3.8, 4) is 0 Å². The number of aryl methyl sites for hydroxylation is 1. The van der Waals surface area contributed by atoms with Gasteiger partial charge in [0.2, 0.25) is 0 Å². The molecule has 0 nitrogen and oxygen atoms in total. The van der Waals surface area contributed by atoms with Crippen molar-refractivity contribution in [3.63, 3.8) is 0 Å². The van der Waals surface area contributed by atoms with Gasteiger partial charge in [-0.25, -0.2) is 0 Å². The van der Waals surface area contributed by atoms with E-state index in [-0.39, 0.29) is 0 Å². The van der Waals surface area contributed by atoms with Gasteiger partial charge in [0.15, 0.2) is 0 Å². The van der Waals surface area contributed by atoms with Gasteiger partial charge in [-0.3, -0.25) is 0 Å². The van der Waals surface area contributed by atoms with Crippen LogP contribution in [0.5, 0.6) is 0 Å². The Balaban J connectivity index is 2.97. The van der Waals surface area contributed by atoms with E-state index < -0.39 is 0 Å². The Morgan fingerprint density at radius 1 is 1.53 bits per heavy atom. The van der Waals surface area contributed by atoms with E-state index in [0.717, 1.165) is 32.8 Å². The van der Waals surface area contributed by atoms with Crippen LogP contribution in [0.2, 0.25) is 0 Å². The van der Waals surface area contributed by atoms with Crippen LogP contribution in [0.15, 0.2) is 28.5 Å². The molecule has 0 heterocycles. The molecule has 1 aromatic carbocycles. The zero-order valence-corrected chi connectivity index (χ0v) is 10.9. The lowest BCUT2D eigenvalue weighted by Crippen LogP contribution is -2.13. The quantitative estimate of drug-likeness (QED) is 0.583. The van der Waals surface area contributed by atoms with Gasteiger partial charge in [0.1, 0.15) is 7.85 Å². The van der Waals surface area contributed by atoms with E-state index in [1.165, 1.54) is 0 Å². The molecule has 0 aromatic heterocycles. The number of hydrogen-bond donors (Lipinski definition) is 2. The molecule has 1 aromatic rings. The highest BCUT2D eigenvalue weighted by Gasteiger charge is 2.09. The average molecular weight is 234 g/mol. The summed E-state index contributed by atoms with van der Waals surface area (Å²) in [5.74, 6) is 0.335. The lowest BCUT2D eigenvalue weighted by Gasteiger charge is -2.15. The summed E-state index contributed by atoms with van der Waals surface area (Å²) in [6, 6.07) is 4.10. The molecule has 0 bridgehead atoms. The van der Waals surface area contributed by atoms with Gasteiger partial charge in [-0.15, -0.1) is 25.3 Å². The van der Waals surface area contributed by atoms with Crippen molar-refractivity contribution in [2.75, 3.05) is 0 Å². The zero-order chi connectivity index (χ0) is 11.6. The maximum Gasteiger partial charge on any atom is 0.115 e.